The highest BCUT2D eigenvalue weighted by molar-refractivity contribution is 5.61. The van der Waals surface area contributed by atoms with E-state index >= 15 is 0 Å². The van der Waals surface area contributed by atoms with Crippen LogP contribution in [-0.2, 0) is 0 Å². The second kappa shape index (κ2) is 4.45. The molecule has 0 saturated heterocycles. The Morgan fingerprint density at radius 3 is 2.44 bits per heavy atom. The lowest BCUT2D eigenvalue weighted by atomic mass is 10.2. The predicted octanol–water partition coefficient (Wildman–Crippen LogP) is 3.24. The molecule has 0 spiro atoms. The van der Waals surface area contributed by atoms with Gasteiger partial charge in [0.15, 0.2) is 0 Å². The molecule has 3 rings (SSSR count). The molecule has 3 heteroatoms. The molecule has 18 heavy (non-hydrogen) atoms. The van der Waals surface area contributed by atoms with Crippen molar-refractivity contribution < 1.29 is 0 Å². The van der Waals surface area contributed by atoms with Crippen LogP contribution < -0.4 is 0 Å². The summed E-state index contributed by atoms with van der Waals surface area (Å²) in [4.78, 5) is 4.36. The number of hydrogen-bond donors (Lipinski definition) is 0. The summed E-state index contributed by atoms with van der Waals surface area (Å²) in [6, 6.07) is 16.0. The number of pyridine rings is 1. The minimum atomic E-state index is 0.956. The molecular formula is C15H13N3. The molecule has 88 valence electrons. The normalized spacial score (nSPS) is 10.5. The van der Waals surface area contributed by atoms with Crippen molar-refractivity contribution in [1.82, 2.24) is 14.8 Å². The fourth-order valence-corrected chi connectivity index (χ4v) is 1.95. The Balaban J connectivity index is 2.07. The molecule has 0 radical (unpaired) electrons. The maximum absolute atomic E-state index is 4.53. The maximum atomic E-state index is 4.53. The Morgan fingerprint density at radius 2 is 1.72 bits per heavy atom. The molecular weight excluding hydrogens is 222 g/mol. The van der Waals surface area contributed by atoms with Gasteiger partial charge >= 0.3 is 0 Å². The molecule has 0 saturated carbocycles. The molecule has 0 aliphatic rings. The molecule has 0 aliphatic carbocycles. The molecule has 0 N–H and O–H groups in total. The van der Waals surface area contributed by atoms with Crippen LogP contribution >= 0.6 is 0 Å². The molecule has 3 aromatic rings. The van der Waals surface area contributed by atoms with Crippen molar-refractivity contribution in [3.63, 3.8) is 0 Å². The molecule has 0 bridgehead atoms. The van der Waals surface area contributed by atoms with Crippen molar-refractivity contribution >= 4 is 0 Å². The van der Waals surface area contributed by atoms with Crippen LogP contribution in [0, 0.1) is 6.92 Å². The van der Waals surface area contributed by atoms with Gasteiger partial charge in [-0.2, -0.15) is 5.10 Å². The first-order valence-electron chi connectivity index (χ1n) is 5.88. The van der Waals surface area contributed by atoms with E-state index in [1.54, 1.807) is 6.20 Å². The zero-order chi connectivity index (χ0) is 12.4. The molecule has 0 aliphatic heterocycles. The first kappa shape index (κ1) is 10.7. The topological polar surface area (TPSA) is 30.7 Å². The van der Waals surface area contributed by atoms with Gasteiger partial charge in [0.1, 0.15) is 0 Å². The number of aryl methyl sites for hydroxylation is 1. The highest BCUT2D eigenvalue weighted by Gasteiger charge is 2.08. The van der Waals surface area contributed by atoms with Gasteiger partial charge < -0.3 is 0 Å². The lowest BCUT2D eigenvalue weighted by Gasteiger charge is -1.99. The van der Waals surface area contributed by atoms with Gasteiger partial charge in [-0.15, -0.1) is 0 Å². The number of rotatable bonds is 2. The van der Waals surface area contributed by atoms with Crippen molar-refractivity contribution in [2.24, 2.45) is 0 Å². The van der Waals surface area contributed by atoms with Crippen molar-refractivity contribution in [3.8, 4) is 16.9 Å². The quantitative estimate of drug-likeness (QED) is 0.682. The Hall–Kier alpha value is -2.42. The van der Waals surface area contributed by atoms with E-state index in [1.807, 2.05) is 66.3 Å². The SMILES string of the molecule is Cc1nn(-c2ccccc2)cc1-c1ccccn1. The molecule has 1 aromatic carbocycles. The van der Waals surface area contributed by atoms with Crippen LogP contribution in [-0.4, -0.2) is 14.8 Å². The summed E-state index contributed by atoms with van der Waals surface area (Å²) in [6.45, 7) is 2.00. The fourth-order valence-electron chi connectivity index (χ4n) is 1.95. The molecule has 0 atom stereocenters. The van der Waals surface area contributed by atoms with E-state index in [0.29, 0.717) is 0 Å². The van der Waals surface area contributed by atoms with Crippen molar-refractivity contribution in [2.75, 3.05) is 0 Å². The zero-order valence-corrected chi connectivity index (χ0v) is 10.1. The Labute approximate surface area is 106 Å². The molecule has 3 nitrogen and oxygen atoms in total. The first-order chi connectivity index (χ1) is 8.84. The lowest BCUT2D eigenvalue weighted by molar-refractivity contribution is 0.863. The summed E-state index contributed by atoms with van der Waals surface area (Å²) in [5, 5.41) is 4.53. The molecule has 0 fully saturated rings. The van der Waals surface area contributed by atoms with E-state index in [4.69, 9.17) is 0 Å². The number of hydrogen-bond acceptors (Lipinski definition) is 2. The van der Waals surface area contributed by atoms with E-state index in [0.717, 1.165) is 22.6 Å². The number of aromatic nitrogens is 3. The van der Waals surface area contributed by atoms with Crippen molar-refractivity contribution in [2.45, 2.75) is 6.92 Å². The van der Waals surface area contributed by atoms with E-state index in [9.17, 15) is 0 Å². The number of para-hydroxylation sites is 1. The Bertz CT molecular complexity index is 642. The van der Waals surface area contributed by atoms with Gasteiger partial charge in [-0.1, -0.05) is 24.3 Å². The van der Waals surface area contributed by atoms with Gasteiger partial charge in [-0.25, -0.2) is 4.68 Å². The van der Waals surface area contributed by atoms with Crippen LogP contribution in [0.4, 0.5) is 0 Å². The molecule has 0 amide bonds. The third-order valence-corrected chi connectivity index (χ3v) is 2.86. The minimum Gasteiger partial charge on any atom is -0.256 e. The van der Waals surface area contributed by atoms with Gasteiger partial charge in [-0.05, 0) is 31.2 Å². The largest absolute Gasteiger partial charge is 0.256 e. The third kappa shape index (κ3) is 1.91. The Morgan fingerprint density at radius 1 is 0.944 bits per heavy atom. The van der Waals surface area contributed by atoms with E-state index in [-0.39, 0.29) is 0 Å². The lowest BCUT2D eigenvalue weighted by Crippen LogP contribution is -1.93. The average Bonchev–Trinajstić information content (AvgIpc) is 2.83. The van der Waals surface area contributed by atoms with Crippen molar-refractivity contribution in [3.05, 3.63) is 66.6 Å². The molecule has 2 heterocycles. The summed E-state index contributed by atoms with van der Waals surface area (Å²) < 4.78 is 1.89. The third-order valence-electron chi connectivity index (χ3n) is 2.86. The molecule has 0 unspecified atom stereocenters. The second-order valence-corrected chi connectivity index (χ2v) is 4.12. The van der Waals surface area contributed by atoms with Crippen LogP contribution in [0.1, 0.15) is 5.69 Å². The van der Waals surface area contributed by atoms with Crippen molar-refractivity contribution in [1.29, 1.82) is 0 Å². The predicted molar refractivity (Wildman–Crippen MR) is 71.5 cm³/mol. The zero-order valence-electron chi connectivity index (χ0n) is 10.1. The average molecular weight is 235 g/mol. The first-order valence-corrected chi connectivity index (χ1v) is 5.88. The van der Waals surface area contributed by atoms with Crippen LogP contribution in [0.2, 0.25) is 0 Å². The van der Waals surface area contributed by atoms with Gasteiger partial charge in [-0.3, -0.25) is 4.98 Å². The molecule has 2 aromatic heterocycles. The van der Waals surface area contributed by atoms with Crippen LogP contribution in [0.15, 0.2) is 60.9 Å². The summed E-state index contributed by atoms with van der Waals surface area (Å²) in [7, 11) is 0. The summed E-state index contributed by atoms with van der Waals surface area (Å²) in [5.74, 6) is 0. The van der Waals surface area contributed by atoms with E-state index in [2.05, 4.69) is 10.1 Å². The van der Waals surface area contributed by atoms with Crippen LogP contribution in [0.3, 0.4) is 0 Å². The monoisotopic (exact) mass is 235 g/mol. The number of benzene rings is 1. The Kier molecular flexibility index (Phi) is 2.65. The highest BCUT2D eigenvalue weighted by atomic mass is 15.3. The standard InChI is InChI=1S/C15H13N3/c1-12-14(15-9-5-6-10-16-15)11-18(17-12)13-7-3-2-4-8-13/h2-11H,1H3. The summed E-state index contributed by atoms with van der Waals surface area (Å²) in [5.41, 5.74) is 4.07. The minimum absolute atomic E-state index is 0.956. The van der Waals surface area contributed by atoms with Crippen LogP contribution in [0.25, 0.3) is 16.9 Å². The van der Waals surface area contributed by atoms with Crippen LogP contribution in [0.5, 0.6) is 0 Å². The van der Waals surface area contributed by atoms with E-state index in [1.165, 1.54) is 0 Å². The van der Waals surface area contributed by atoms with E-state index < -0.39 is 0 Å². The fraction of sp³-hybridized carbons (Fsp3) is 0.0667. The van der Waals surface area contributed by atoms with Gasteiger partial charge in [0.25, 0.3) is 0 Å². The maximum Gasteiger partial charge on any atom is 0.0736 e. The van der Waals surface area contributed by atoms with Gasteiger partial charge in [0.05, 0.1) is 17.1 Å². The van der Waals surface area contributed by atoms with Gasteiger partial charge in [0.2, 0.25) is 0 Å². The highest BCUT2D eigenvalue weighted by Crippen LogP contribution is 2.21. The second-order valence-electron chi connectivity index (χ2n) is 4.12. The summed E-state index contributed by atoms with van der Waals surface area (Å²) >= 11 is 0. The summed E-state index contributed by atoms with van der Waals surface area (Å²) in [6.07, 6.45) is 3.82. The number of nitrogens with zero attached hydrogens (tertiary/aromatic N) is 3. The van der Waals surface area contributed by atoms with Gasteiger partial charge in [0, 0.05) is 18.0 Å². The smallest absolute Gasteiger partial charge is 0.0736 e.